The van der Waals surface area contributed by atoms with Gasteiger partial charge in [0.05, 0.1) is 37.9 Å². The van der Waals surface area contributed by atoms with Gasteiger partial charge in [0.15, 0.2) is 0 Å². The van der Waals surface area contributed by atoms with E-state index < -0.39 is 0 Å². The number of amides is 1. The Bertz CT molecular complexity index is 1550. The number of likely N-dealkylation sites (tertiary alicyclic amines) is 1. The summed E-state index contributed by atoms with van der Waals surface area (Å²) in [5.74, 6) is 1.54. The minimum Gasteiger partial charge on any atom is -0.497 e. The Hall–Kier alpha value is -4.36. The first-order valence-electron chi connectivity index (χ1n) is 15.1. The lowest BCUT2D eigenvalue weighted by Crippen LogP contribution is -2.55. The maximum absolute atomic E-state index is 12.5. The standard InChI is InChI=1S/C33H39N7O3/c1-4-31(41)40-18-17-39(20-24(40)12-14-34)32-27-13-16-38(30-9-5-7-23-10-11-26(42-3)19-28(23)30)21-29(27)35-33(36-32)43-22-25-8-6-15-37(25)2/h4-5,7,9-11,19,24-25H,1,6,8,12-13,15-18,20-22H2,2-3H3/t24?,25-/m0/s1. The average Bonchev–Trinajstić information content (AvgIpc) is 3.46. The topological polar surface area (TPSA) is 98.1 Å². The quantitative estimate of drug-likeness (QED) is 0.368. The van der Waals surface area contributed by atoms with Crippen molar-refractivity contribution < 1.29 is 14.3 Å². The van der Waals surface area contributed by atoms with Gasteiger partial charge < -0.3 is 29.1 Å². The summed E-state index contributed by atoms with van der Waals surface area (Å²) in [5.41, 5.74) is 3.20. The summed E-state index contributed by atoms with van der Waals surface area (Å²) in [6, 6.07) is 15.3. The first-order valence-corrected chi connectivity index (χ1v) is 15.1. The van der Waals surface area contributed by atoms with Crippen LogP contribution in [0.2, 0.25) is 0 Å². The van der Waals surface area contributed by atoms with Crippen LogP contribution in [0.5, 0.6) is 11.8 Å². The van der Waals surface area contributed by atoms with Crippen molar-refractivity contribution >= 4 is 28.2 Å². The van der Waals surface area contributed by atoms with Crippen LogP contribution in [0.15, 0.2) is 49.1 Å². The van der Waals surface area contributed by atoms with E-state index in [1.54, 1.807) is 12.0 Å². The second-order valence-electron chi connectivity index (χ2n) is 11.6. The zero-order valence-corrected chi connectivity index (χ0v) is 25.0. The van der Waals surface area contributed by atoms with Gasteiger partial charge in [0.1, 0.15) is 18.2 Å². The third-order valence-electron chi connectivity index (χ3n) is 9.07. The minimum atomic E-state index is -0.239. The first-order chi connectivity index (χ1) is 21.0. The van der Waals surface area contributed by atoms with E-state index in [1.165, 1.54) is 12.5 Å². The van der Waals surface area contributed by atoms with E-state index in [-0.39, 0.29) is 18.4 Å². The van der Waals surface area contributed by atoms with Gasteiger partial charge in [-0.1, -0.05) is 24.8 Å². The molecule has 0 saturated carbocycles. The number of ether oxygens (including phenoxy) is 2. The summed E-state index contributed by atoms with van der Waals surface area (Å²) in [6.07, 6.45) is 4.61. The number of aromatic nitrogens is 2. The van der Waals surface area contributed by atoms with Gasteiger partial charge in [0.25, 0.3) is 0 Å². The zero-order chi connectivity index (χ0) is 29.9. The molecule has 4 heterocycles. The van der Waals surface area contributed by atoms with Crippen molar-refractivity contribution in [1.29, 1.82) is 5.26 Å². The van der Waals surface area contributed by atoms with Gasteiger partial charge in [-0.05, 0) is 62.5 Å². The number of piperazine rings is 1. The number of nitrogens with zero attached hydrogens (tertiary/aromatic N) is 7. The molecule has 1 aromatic heterocycles. The van der Waals surface area contributed by atoms with Crippen LogP contribution in [0, 0.1) is 11.3 Å². The second-order valence-corrected chi connectivity index (χ2v) is 11.6. The molecule has 2 aromatic carbocycles. The van der Waals surface area contributed by atoms with Crippen molar-refractivity contribution in [2.75, 3.05) is 63.3 Å². The van der Waals surface area contributed by atoms with Crippen LogP contribution >= 0.6 is 0 Å². The normalized spacial score (nSPS) is 20.5. The molecular formula is C33H39N7O3. The molecule has 1 unspecified atom stereocenters. The van der Waals surface area contributed by atoms with Crippen molar-refractivity contribution in [1.82, 2.24) is 19.8 Å². The highest BCUT2D eigenvalue weighted by molar-refractivity contribution is 5.95. The molecule has 1 amide bonds. The second kappa shape index (κ2) is 12.5. The van der Waals surface area contributed by atoms with Crippen LogP contribution in [0.1, 0.15) is 30.5 Å². The van der Waals surface area contributed by atoms with Gasteiger partial charge in [-0.15, -0.1) is 0 Å². The number of carbonyl (C=O) groups is 1. The molecule has 3 aromatic rings. The van der Waals surface area contributed by atoms with E-state index in [1.807, 2.05) is 6.07 Å². The molecule has 43 heavy (non-hydrogen) atoms. The number of anilines is 2. The van der Waals surface area contributed by atoms with E-state index in [2.05, 4.69) is 64.7 Å². The first kappa shape index (κ1) is 28.7. The van der Waals surface area contributed by atoms with Gasteiger partial charge in [-0.2, -0.15) is 15.2 Å². The predicted molar refractivity (Wildman–Crippen MR) is 167 cm³/mol. The van der Waals surface area contributed by atoms with E-state index in [9.17, 15) is 10.1 Å². The third kappa shape index (κ3) is 5.82. The summed E-state index contributed by atoms with van der Waals surface area (Å²) in [4.78, 5) is 31.2. The SMILES string of the molecule is C=CC(=O)N1CCN(c2nc(OC[C@@H]3CCCN3C)nc3c2CCN(c2cccc4ccc(OC)cc24)C3)CC1CC#N. The van der Waals surface area contributed by atoms with Crippen LogP contribution in [-0.4, -0.2) is 91.2 Å². The molecule has 6 rings (SSSR count). The van der Waals surface area contributed by atoms with Crippen molar-refractivity contribution in [3.05, 3.63) is 60.3 Å². The van der Waals surface area contributed by atoms with Gasteiger partial charge in [0, 0.05) is 48.9 Å². The van der Waals surface area contributed by atoms with Gasteiger partial charge in [0.2, 0.25) is 5.91 Å². The van der Waals surface area contributed by atoms with Crippen LogP contribution in [-0.2, 0) is 17.8 Å². The molecule has 0 bridgehead atoms. The van der Waals surface area contributed by atoms with Crippen LogP contribution in [0.4, 0.5) is 11.5 Å². The van der Waals surface area contributed by atoms with Gasteiger partial charge >= 0.3 is 6.01 Å². The lowest BCUT2D eigenvalue weighted by atomic mass is 10.0. The molecule has 2 saturated heterocycles. The maximum Gasteiger partial charge on any atom is 0.318 e. The fraction of sp³-hybridized carbons (Fsp3) is 0.455. The van der Waals surface area contributed by atoms with Gasteiger partial charge in [-0.25, -0.2) is 0 Å². The lowest BCUT2D eigenvalue weighted by Gasteiger charge is -2.42. The Labute approximate surface area is 253 Å². The third-order valence-corrected chi connectivity index (χ3v) is 9.07. The molecule has 2 fully saturated rings. The number of carbonyl (C=O) groups excluding carboxylic acids is 1. The van der Waals surface area contributed by atoms with Crippen LogP contribution in [0.3, 0.4) is 0 Å². The van der Waals surface area contributed by atoms with E-state index >= 15 is 0 Å². The summed E-state index contributed by atoms with van der Waals surface area (Å²) in [5, 5.41) is 11.8. The number of benzene rings is 2. The molecule has 0 aliphatic carbocycles. The molecule has 10 nitrogen and oxygen atoms in total. The van der Waals surface area contributed by atoms with Crippen LogP contribution < -0.4 is 19.3 Å². The number of rotatable bonds is 8. The minimum absolute atomic E-state index is 0.142. The maximum atomic E-state index is 12.5. The summed E-state index contributed by atoms with van der Waals surface area (Å²) >= 11 is 0. The summed E-state index contributed by atoms with van der Waals surface area (Å²) in [6.45, 7) is 8.34. The summed E-state index contributed by atoms with van der Waals surface area (Å²) < 4.78 is 11.8. The van der Waals surface area contributed by atoms with E-state index in [0.717, 1.165) is 65.2 Å². The fourth-order valence-electron chi connectivity index (χ4n) is 6.65. The smallest absolute Gasteiger partial charge is 0.318 e. The predicted octanol–water partition coefficient (Wildman–Crippen LogP) is 3.79. The molecule has 0 N–H and O–H groups in total. The highest BCUT2D eigenvalue weighted by atomic mass is 16.5. The number of hydrogen-bond donors (Lipinski definition) is 0. The van der Waals surface area contributed by atoms with Crippen molar-refractivity contribution in [3.63, 3.8) is 0 Å². The van der Waals surface area contributed by atoms with Crippen molar-refractivity contribution in [2.24, 2.45) is 0 Å². The summed E-state index contributed by atoms with van der Waals surface area (Å²) in [7, 11) is 3.83. The highest BCUT2D eigenvalue weighted by Crippen LogP contribution is 2.36. The molecule has 0 radical (unpaired) electrons. The number of hydrogen-bond acceptors (Lipinski definition) is 9. The Kier molecular flexibility index (Phi) is 8.34. The largest absolute Gasteiger partial charge is 0.497 e. The zero-order valence-electron chi connectivity index (χ0n) is 25.0. The van der Waals surface area contributed by atoms with Crippen LogP contribution in [0.25, 0.3) is 10.8 Å². The Morgan fingerprint density at radius 1 is 1.14 bits per heavy atom. The molecule has 3 aliphatic rings. The van der Waals surface area contributed by atoms with Gasteiger partial charge in [-0.3, -0.25) is 4.79 Å². The Morgan fingerprint density at radius 3 is 2.79 bits per heavy atom. The molecule has 2 atom stereocenters. The monoisotopic (exact) mass is 581 g/mol. The molecule has 0 spiro atoms. The highest BCUT2D eigenvalue weighted by Gasteiger charge is 2.33. The number of methoxy groups -OCH3 is 1. The fourth-order valence-corrected chi connectivity index (χ4v) is 6.65. The van der Waals surface area contributed by atoms with Crippen molar-refractivity contribution in [3.8, 4) is 17.8 Å². The van der Waals surface area contributed by atoms with E-state index in [0.29, 0.717) is 44.8 Å². The number of fused-ring (bicyclic) bond motifs is 2. The number of nitriles is 1. The lowest BCUT2D eigenvalue weighted by molar-refractivity contribution is -0.128. The van der Waals surface area contributed by atoms with Crippen molar-refractivity contribution in [2.45, 2.75) is 44.3 Å². The molecule has 224 valence electrons. The van der Waals surface area contributed by atoms with E-state index in [4.69, 9.17) is 19.4 Å². The molecule has 10 heteroatoms. The molecule has 3 aliphatic heterocycles. The number of likely N-dealkylation sites (N-methyl/N-ethyl adjacent to an activating group) is 1. The molecular weight excluding hydrogens is 542 g/mol. The Morgan fingerprint density at radius 2 is 2.02 bits per heavy atom. The average molecular weight is 582 g/mol. The Balaban J connectivity index is 1.34.